The van der Waals surface area contributed by atoms with Crippen LogP contribution in [0.1, 0.15) is 11.8 Å². The minimum absolute atomic E-state index is 0.0672. The van der Waals surface area contributed by atoms with Crippen molar-refractivity contribution in [3.05, 3.63) is 66.2 Å². The second kappa shape index (κ2) is 5.97. The lowest BCUT2D eigenvalue weighted by atomic mass is 10.2. The van der Waals surface area contributed by atoms with Gasteiger partial charge in [0.2, 0.25) is 0 Å². The third-order valence-electron chi connectivity index (χ3n) is 3.37. The SMILES string of the molecule is CNC(COc1ccc(F)cc1)c1cc2ccccc2o1. The molecule has 3 nitrogen and oxygen atoms in total. The lowest BCUT2D eigenvalue weighted by Crippen LogP contribution is -2.22. The molecule has 1 unspecified atom stereocenters. The molecule has 1 aromatic heterocycles. The average Bonchev–Trinajstić information content (AvgIpc) is 2.93. The van der Waals surface area contributed by atoms with Gasteiger partial charge >= 0.3 is 0 Å². The molecule has 0 fully saturated rings. The third kappa shape index (κ3) is 3.06. The molecule has 0 saturated carbocycles. The summed E-state index contributed by atoms with van der Waals surface area (Å²) >= 11 is 0. The fourth-order valence-electron chi connectivity index (χ4n) is 2.19. The highest BCUT2D eigenvalue weighted by Crippen LogP contribution is 2.24. The Morgan fingerprint density at radius 1 is 1.14 bits per heavy atom. The van der Waals surface area contributed by atoms with Gasteiger partial charge in [-0.1, -0.05) is 18.2 Å². The predicted molar refractivity (Wildman–Crippen MR) is 79.9 cm³/mol. The smallest absolute Gasteiger partial charge is 0.134 e. The summed E-state index contributed by atoms with van der Waals surface area (Å²) in [4.78, 5) is 0. The van der Waals surface area contributed by atoms with Gasteiger partial charge in [0.05, 0.1) is 6.04 Å². The van der Waals surface area contributed by atoms with E-state index in [0.717, 1.165) is 16.7 Å². The quantitative estimate of drug-likeness (QED) is 0.771. The fourth-order valence-corrected chi connectivity index (χ4v) is 2.19. The minimum atomic E-state index is -0.273. The number of halogens is 1. The first kappa shape index (κ1) is 13.6. The van der Waals surface area contributed by atoms with Gasteiger partial charge in [-0.3, -0.25) is 0 Å². The summed E-state index contributed by atoms with van der Waals surface area (Å²) in [5.74, 6) is 1.18. The highest BCUT2D eigenvalue weighted by molar-refractivity contribution is 5.77. The number of nitrogens with one attached hydrogen (secondary N) is 1. The second-order valence-corrected chi connectivity index (χ2v) is 4.79. The number of rotatable bonds is 5. The lowest BCUT2D eigenvalue weighted by Gasteiger charge is -2.14. The number of benzene rings is 2. The van der Waals surface area contributed by atoms with E-state index in [1.807, 2.05) is 37.4 Å². The summed E-state index contributed by atoms with van der Waals surface area (Å²) in [7, 11) is 1.85. The van der Waals surface area contributed by atoms with Gasteiger partial charge in [0.25, 0.3) is 0 Å². The van der Waals surface area contributed by atoms with Gasteiger partial charge in [-0.15, -0.1) is 0 Å². The van der Waals surface area contributed by atoms with Crippen LogP contribution in [0.15, 0.2) is 59.0 Å². The van der Waals surface area contributed by atoms with Gasteiger partial charge < -0.3 is 14.5 Å². The number of likely N-dealkylation sites (N-methyl/N-ethyl adjacent to an activating group) is 1. The largest absolute Gasteiger partial charge is 0.491 e. The van der Waals surface area contributed by atoms with Crippen molar-refractivity contribution in [3.8, 4) is 5.75 Å². The lowest BCUT2D eigenvalue weighted by molar-refractivity contribution is 0.255. The first-order valence-corrected chi connectivity index (χ1v) is 6.80. The van der Waals surface area contributed by atoms with Gasteiger partial charge in [-0.25, -0.2) is 4.39 Å². The van der Waals surface area contributed by atoms with E-state index in [2.05, 4.69) is 5.32 Å². The monoisotopic (exact) mass is 285 g/mol. The topological polar surface area (TPSA) is 34.4 Å². The number of ether oxygens (including phenoxy) is 1. The Hall–Kier alpha value is -2.33. The normalized spacial score (nSPS) is 12.5. The van der Waals surface area contributed by atoms with Gasteiger partial charge in [0.1, 0.15) is 29.5 Å². The van der Waals surface area contributed by atoms with Crippen LogP contribution in [0.4, 0.5) is 4.39 Å². The van der Waals surface area contributed by atoms with E-state index in [1.165, 1.54) is 12.1 Å². The molecule has 0 amide bonds. The van der Waals surface area contributed by atoms with Gasteiger partial charge in [-0.05, 0) is 43.4 Å². The fraction of sp³-hybridized carbons (Fsp3) is 0.176. The highest BCUT2D eigenvalue weighted by atomic mass is 19.1. The van der Waals surface area contributed by atoms with Crippen molar-refractivity contribution in [2.45, 2.75) is 6.04 Å². The van der Waals surface area contributed by atoms with E-state index in [0.29, 0.717) is 12.4 Å². The van der Waals surface area contributed by atoms with E-state index < -0.39 is 0 Å². The summed E-state index contributed by atoms with van der Waals surface area (Å²) in [6, 6.07) is 15.8. The molecule has 0 bridgehead atoms. The van der Waals surface area contributed by atoms with E-state index in [9.17, 15) is 4.39 Å². The Morgan fingerprint density at radius 3 is 2.62 bits per heavy atom. The van der Waals surface area contributed by atoms with E-state index in [4.69, 9.17) is 9.15 Å². The van der Waals surface area contributed by atoms with Crippen LogP contribution in [0.3, 0.4) is 0 Å². The van der Waals surface area contributed by atoms with Crippen molar-refractivity contribution in [1.29, 1.82) is 0 Å². The average molecular weight is 285 g/mol. The van der Waals surface area contributed by atoms with Gasteiger partial charge in [-0.2, -0.15) is 0 Å². The molecular weight excluding hydrogens is 269 g/mol. The van der Waals surface area contributed by atoms with Crippen LogP contribution in [-0.2, 0) is 0 Å². The molecule has 108 valence electrons. The molecule has 1 N–H and O–H groups in total. The van der Waals surface area contributed by atoms with Crippen LogP contribution in [0.25, 0.3) is 11.0 Å². The number of fused-ring (bicyclic) bond motifs is 1. The summed E-state index contributed by atoms with van der Waals surface area (Å²) in [5, 5.41) is 4.23. The zero-order valence-corrected chi connectivity index (χ0v) is 11.7. The Kier molecular flexibility index (Phi) is 3.88. The maximum Gasteiger partial charge on any atom is 0.134 e. The van der Waals surface area contributed by atoms with E-state index in [-0.39, 0.29) is 11.9 Å². The summed E-state index contributed by atoms with van der Waals surface area (Å²) in [6.45, 7) is 0.405. The van der Waals surface area contributed by atoms with E-state index >= 15 is 0 Å². The van der Waals surface area contributed by atoms with Crippen LogP contribution in [0.5, 0.6) is 5.75 Å². The van der Waals surface area contributed by atoms with Crippen LogP contribution < -0.4 is 10.1 Å². The molecule has 1 heterocycles. The molecule has 0 aliphatic rings. The van der Waals surface area contributed by atoms with Crippen molar-refractivity contribution < 1.29 is 13.5 Å². The molecule has 3 aromatic rings. The predicted octanol–water partition coefficient (Wildman–Crippen LogP) is 3.91. The summed E-state index contributed by atoms with van der Waals surface area (Å²) in [6.07, 6.45) is 0. The number of para-hydroxylation sites is 1. The highest BCUT2D eigenvalue weighted by Gasteiger charge is 2.15. The van der Waals surface area contributed by atoms with E-state index in [1.54, 1.807) is 12.1 Å². The molecule has 2 aromatic carbocycles. The zero-order valence-electron chi connectivity index (χ0n) is 11.7. The van der Waals surface area contributed by atoms with Crippen LogP contribution >= 0.6 is 0 Å². The molecule has 1 atom stereocenters. The van der Waals surface area contributed by atoms with Crippen molar-refractivity contribution in [1.82, 2.24) is 5.32 Å². The molecule has 0 spiro atoms. The van der Waals surface area contributed by atoms with Crippen LogP contribution in [-0.4, -0.2) is 13.7 Å². The second-order valence-electron chi connectivity index (χ2n) is 4.79. The standard InChI is InChI=1S/C17H16FNO2/c1-19-15(11-20-14-8-6-13(18)7-9-14)17-10-12-4-2-3-5-16(12)21-17/h2-10,15,19H,11H2,1H3. The molecular formula is C17H16FNO2. The molecule has 0 saturated heterocycles. The maximum atomic E-state index is 12.9. The van der Waals surface area contributed by atoms with Gasteiger partial charge in [0, 0.05) is 5.39 Å². The summed E-state index contributed by atoms with van der Waals surface area (Å²) < 4.78 is 24.4. The molecule has 3 rings (SSSR count). The summed E-state index contributed by atoms with van der Waals surface area (Å²) in [5.41, 5.74) is 0.856. The van der Waals surface area contributed by atoms with Crippen LogP contribution in [0.2, 0.25) is 0 Å². The number of furan rings is 1. The molecule has 0 aliphatic heterocycles. The maximum absolute atomic E-state index is 12.9. The first-order chi connectivity index (χ1) is 10.3. The Labute approximate surface area is 122 Å². The molecule has 0 aliphatic carbocycles. The van der Waals surface area contributed by atoms with Crippen LogP contribution in [0, 0.1) is 5.82 Å². The Balaban J connectivity index is 1.73. The van der Waals surface area contributed by atoms with Crippen molar-refractivity contribution in [2.24, 2.45) is 0 Å². The van der Waals surface area contributed by atoms with Gasteiger partial charge in [0.15, 0.2) is 0 Å². The Bertz CT molecular complexity index is 688. The Morgan fingerprint density at radius 2 is 1.90 bits per heavy atom. The molecule has 0 radical (unpaired) electrons. The number of hydrogen-bond donors (Lipinski definition) is 1. The van der Waals surface area contributed by atoms with Crippen molar-refractivity contribution in [3.63, 3.8) is 0 Å². The first-order valence-electron chi connectivity index (χ1n) is 6.80. The molecule has 4 heteroatoms. The molecule has 21 heavy (non-hydrogen) atoms. The van der Waals surface area contributed by atoms with Crippen molar-refractivity contribution >= 4 is 11.0 Å². The third-order valence-corrected chi connectivity index (χ3v) is 3.37. The minimum Gasteiger partial charge on any atom is -0.491 e. The van der Waals surface area contributed by atoms with Crippen molar-refractivity contribution in [2.75, 3.05) is 13.7 Å². The number of hydrogen-bond acceptors (Lipinski definition) is 3. The zero-order chi connectivity index (χ0) is 14.7.